The minimum Gasteiger partial charge on any atom is -0.744 e. The summed E-state index contributed by atoms with van der Waals surface area (Å²) in [5.74, 6) is 0. The number of benzene rings is 2. The third kappa shape index (κ3) is 2.89. The third-order valence-corrected chi connectivity index (χ3v) is 3.47. The van der Waals surface area contributed by atoms with Gasteiger partial charge in [-0.2, -0.15) is 0 Å². The van der Waals surface area contributed by atoms with Crippen LogP contribution in [0.3, 0.4) is 0 Å². The van der Waals surface area contributed by atoms with Gasteiger partial charge < -0.3 is 4.55 Å². The maximum atomic E-state index is 11.2. The summed E-state index contributed by atoms with van der Waals surface area (Å²) >= 11 is 0. The van der Waals surface area contributed by atoms with E-state index in [2.05, 4.69) is 0 Å². The molecule has 0 atom stereocenters. The maximum Gasteiger partial charge on any atom is 1.00 e. The fourth-order valence-electron chi connectivity index (χ4n) is 1.85. The molecule has 2 rings (SSSR count). The van der Waals surface area contributed by atoms with E-state index in [4.69, 9.17) is 0 Å². The predicted molar refractivity (Wildman–Crippen MR) is 61.4 cm³/mol. The summed E-state index contributed by atoms with van der Waals surface area (Å²) in [5.41, 5.74) is 1.74. The molecule has 0 bridgehead atoms. The van der Waals surface area contributed by atoms with Crippen molar-refractivity contribution in [3.63, 3.8) is 0 Å². The molecule has 3 nitrogen and oxygen atoms in total. The van der Waals surface area contributed by atoms with Gasteiger partial charge in [-0.3, -0.25) is 0 Å². The Bertz CT molecular complexity index is 663. The van der Waals surface area contributed by atoms with Gasteiger partial charge in [-0.1, -0.05) is 24.3 Å². The summed E-state index contributed by atoms with van der Waals surface area (Å²) in [4.78, 5) is -0.133. The van der Waals surface area contributed by atoms with Gasteiger partial charge >= 0.3 is 29.6 Å². The molecule has 17 heavy (non-hydrogen) atoms. The van der Waals surface area contributed by atoms with Gasteiger partial charge in [-0.05, 0) is 41.8 Å². The van der Waals surface area contributed by atoms with E-state index in [1.807, 2.05) is 19.1 Å². The monoisotopic (exact) mass is 258 g/mol. The van der Waals surface area contributed by atoms with Crippen LogP contribution in [-0.4, -0.2) is 13.0 Å². The standard InChI is InChI=1S/C12H12O3S.Na/c1-8-6-11-9(2)4-3-5-10(11)12(7-8)16(13,14)15;/h3-7H,1-2H3,(H,13,14,15);/q;+1/p-1. The minimum atomic E-state index is -4.42. The molecular weight excluding hydrogens is 247 g/mol. The second-order valence-corrected chi connectivity index (χ2v) is 5.24. The molecular formula is C12H11NaO3S. The summed E-state index contributed by atoms with van der Waals surface area (Å²) in [6.45, 7) is 3.67. The summed E-state index contributed by atoms with van der Waals surface area (Å²) in [6, 6.07) is 8.61. The largest absolute Gasteiger partial charge is 1.00 e. The molecule has 84 valence electrons. The molecule has 0 aliphatic heterocycles. The minimum absolute atomic E-state index is 0. The molecule has 0 saturated heterocycles. The molecule has 0 aliphatic rings. The van der Waals surface area contributed by atoms with Crippen molar-refractivity contribution in [3.8, 4) is 0 Å². The van der Waals surface area contributed by atoms with E-state index in [0.29, 0.717) is 5.39 Å². The van der Waals surface area contributed by atoms with Crippen molar-refractivity contribution in [2.75, 3.05) is 0 Å². The van der Waals surface area contributed by atoms with E-state index in [0.717, 1.165) is 16.5 Å². The Labute approximate surface area is 123 Å². The normalized spacial score (nSPS) is 11.2. The van der Waals surface area contributed by atoms with Gasteiger partial charge in [0.25, 0.3) is 0 Å². The first-order chi connectivity index (χ1) is 7.39. The van der Waals surface area contributed by atoms with Crippen molar-refractivity contribution in [1.82, 2.24) is 0 Å². The second-order valence-electron chi connectivity index (χ2n) is 3.89. The zero-order chi connectivity index (χ0) is 11.9. The number of aryl methyl sites for hydroxylation is 2. The molecule has 2 aromatic rings. The van der Waals surface area contributed by atoms with Crippen LogP contribution in [0.4, 0.5) is 0 Å². The number of hydrogen-bond donors (Lipinski definition) is 0. The molecule has 0 heterocycles. The molecule has 0 N–H and O–H groups in total. The molecule has 0 amide bonds. The SMILES string of the molecule is Cc1cc(S(=O)(=O)[O-])c2cccc(C)c2c1.[Na+]. The van der Waals surface area contributed by atoms with Crippen LogP contribution in [0.2, 0.25) is 0 Å². The molecule has 5 heteroatoms. The Morgan fingerprint density at radius 1 is 1.06 bits per heavy atom. The molecule has 0 saturated carbocycles. The van der Waals surface area contributed by atoms with Crippen molar-refractivity contribution >= 4 is 20.9 Å². The van der Waals surface area contributed by atoms with Crippen LogP contribution in [0.5, 0.6) is 0 Å². The Morgan fingerprint density at radius 2 is 1.71 bits per heavy atom. The van der Waals surface area contributed by atoms with Gasteiger partial charge in [-0.25, -0.2) is 8.42 Å². The quantitative estimate of drug-likeness (QED) is 0.505. The molecule has 0 radical (unpaired) electrons. The van der Waals surface area contributed by atoms with Crippen molar-refractivity contribution in [3.05, 3.63) is 41.5 Å². The van der Waals surface area contributed by atoms with Gasteiger partial charge in [0.15, 0.2) is 0 Å². The van der Waals surface area contributed by atoms with E-state index in [1.54, 1.807) is 19.1 Å². The summed E-state index contributed by atoms with van der Waals surface area (Å²) < 4.78 is 33.5. The molecule has 0 unspecified atom stereocenters. The summed E-state index contributed by atoms with van der Waals surface area (Å²) in [7, 11) is -4.42. The van der Waals surface area contributed by atoms with E-state index in [9.17, 15) is 13.0 Å². The van der Waals surface area contributed by atoms with E-state index < -0.39 is 10.1 Å². The second kappa shape index (κ2) is 5.08. The smallest absolute Gasteiger partial charge is 0.744 e. The van der Waals surface area contributed by atoms with Gasteiger partial charge in [0.2, 0.25) is 0 Å². The molecule has 0 aromatic heterocycles. The van der Waals surface area contributed by atoms with Crippen LogP contribution < -0.4 is 29.6 Å². The number of fused-ring (bicyclic) bond motifs is 1. The number of hydrogen-bond acceptors (Lipinski definition) is 3. The first kappa shape index (κ1) is 14.7. The maximum absolute atomic E-state index is 11.2. The first-order valence-corrected chi connectivity index (χ1v) is 6.26. The van der Waals surface area contributed by atoms with Gasteiger partial charge in [0.05, 0.1) is 4.90 Å². The zero-order valence-electron chi connectivity index (χ0n) is 10.0. The van der Waals surface area contributed by atoms with E-state index >= 15 is 0 Å². The topological polar surface area (TPSA) is 57.2 Å². The molecule has 0 fully saturated rings. The Kier molecular flexibility index (Phi) is 4.38. The summed E-state index contributed by atoms with van der Waals surface area (Å²) in [6.07, 6.45) is 0. The average Bonchev–Trinajstić information content (AvgIpc) is 2.17. The fourth-order valence-corrected chi connectivity index (χ4v) is 2.63. The van der Waals surface area contributed by atoms with Crippen LogP contribution in [0.15, 0.2) is 35.2 Å². The van der Waals surface area contributed by atoms with E-state index in [1.165, 1.54) is 6.07 Å². The van der Waals surface area contributed by atoms with Crippen molar-refractivity contribution in [2.45, 2.75) is 18.7 Å². The van der Waals surface area contributed by atoms with Crippen molar-refractivity contribution in [1.29, 1.82) is 0 Å². The van der Waals surface area contributed by atoms with Crippen LogP contribution >= 0.6 is 0 Å². The first-order valence-electron chi connectivity index (χ1n) is 4.85. The van der Waals surface area contributed by atoms with Gasteiger partial charge in [0, 0.05) is 0 Å². The zero-order valence-corrected chi connectivity index (χ0v) is 12.8. The Hall–Kier alpha value is -0.390. The summed E-state index contributed by atoms with van der Waals surface area (Å²) in [5, 5.41) is 1.32. The molecule has 0 aliphatic carbocycles. The third-order valence-electron chi connectivity index (χ3n) is 2.59. The van der Waals surface area contributed by atoms with Crippen LogP contribution in [0, 0.1) is 13.8 Å². The van der Waals surface area contributed by atoms with Gasteiger partial charge in [0.1, 0.15) is 10.1 Å². The Balaban J connectivity index is 0.00000144. The van der Waals surface area contributed by atoms with Crippen LogP contribution in [0.1, 0.15) is 11.1 Å². The average molecular weight is 258 g/mol. The van der Waals surface area contributed by atoms with Crippen molar-refractivity contribution in [2.24, 2.45) is 0 Å². The van der Waals surface area contributed by atoms with Crippen molar-refractivity contribution < 1.29 is 42.5 Å². The number of rotatable bonds is 1. The Morgan fingerprint density at radius 3 is 2.29 bits per heavy atom. The van der Waals surface area contributed by atoms with Crippen LogP contribution in [-0.2, 0) is 10.1 Å². The fraction of sp³-hybridized carbons (Fsp3) is 0.167. The van der Waals surface area contributed by atoms with E-state index in [-0.39, 0.29) is 34.5 Å². The van der Waals surface area contributed by atoms with Gasteiger partial charge in [-0.15, -0.1) is 0 Å². The van der Waals surface area contributed by atoms with Crippen LogP contribution in [0.25, 0.3) is 10.8 Å². The predicted octanol–water partition coefficient (Wildman–Crippen LogP) is -0.635. The molecule has 0 spiro atoms. The molecule has 2 aromatic carbocycles.